The van der Waals surface area contributed by atoms with Crippen LogP contribution in [0.1, 0.15) is 103 Å². The summed E-state index contributed by atoms with van der Waals surface area (Å²) in [7, 11) is 0. The highest BCUT2D eigenvalue weighted by atomic mass is 16.7. The molecule has 1 aromatic rings. The Morgan fingerprint density at radius 2 is 1.76 bits per heavy atom. The molecule has 7 aliphatic rings. The van der Waals surface area contributed by atoms with Crippen molar-refractivity contribution in [3.8, 4) is 0 Å². The predicted octanol–water partition coefficient (Wildman–Crippen LogP) is 4.23. The number of ether oxygens (including phenoxy) is 4. The maximum Gasteiger partial charge on any atom is 0.339 e. The third-order valence-electron chi connectivity index (χ3n) is 14.2. The molecule has 252 valence electrons. The van der Waals surface area contributed by atoms with Gasteiger partial charge in [-0.15, -0.1) is 0 Å². The second kappa shape index (κ2) is 9.67. The summed E-state index contributed by atoms with van der Waals surface area (Å²) in [4.78, 5) is 42.2. The van der Waals surface area contributed by atoms with Crippen LogP contribution in [-0.4, -0.2) is 70.7 Å². The topological polar surface area (TPSA) is 145 Å². The van der Waals surface area contributed by atoms with E-state index in [0.29, 0.717) is 37.9 Å². The number of aliphatic hydroxyl groups excluding tert-OH is 2. The number of furan rings is 1. The van der Waals surface area contributed by atoms with Gasteiger partial charge in [0.05, 0.1) is 29.3 Å². The fraction of sp³-hybridized carbons (Fsp3) is 0.806. The number of ketones is 1. The predicted molar refractivity (Wildman–Crippen MR) is 161 cm³/mol. The molecule has 7 fully saturated rings. The monoisotopic (exact) mass is 640 g/mol. The van der Waals surface area contributed by atoms with Crippen LogP contribution in [-0.2, 0) is 39.8 Å². The lowest BCUT2D eigenvalue weighted by Gasteiger charge is -2.67. The van der Waals surface area contributed by atoms with Crippen LogP contribution in [0.5, 0.6) is 0 Å². The zero-order valence-corrected chi connectivity index (χ0v) is 27.6. The molecule has 0 unspecified atom stereocenters. The van der Waals surface area contributed by atoms with Gasteiger partial charge in [0.15, 0.2) is 11.9 Å². The molecule has 1 aromatic heterocycles. The summed E-state index contributed by atoms with van der Waals surface area (Å²) in [5.74, 6) is -1.41. The summed E-state index contributed by atoms with van der Waals surface area (Å²) >= 11 is 0. The molecule has 0 aromatic carbocycles. The molecule has 4 saturated heterocycles. The van der Waals surface area contributed by atoms with E-state index in [9.17, 15) is 24.6 Å². The highest BCUT2D eigenvalue weighted by Gasteiger charge is 2.91. The van der Waals surface area contributed by atoms with Crippen molar-refractivity contribution in [3.05, 3.63) is 23.7 Å². The van der Waals surface area contributed by atoms with Crippen molar-refractivity contribution in [1.29, 1.82) is 0 Å². The minimum atomic E-state index is -1.42. The van der Waals surface area contributed by atoms with E-state index in [2.05, 4.69) is 13.8 Å². The molecule has 4 aliphatic heterocycles. The summed E-state index contributed by atoms with van der Waals surface area (Å²) in [6.07, 6.45) is 4.49. The summed E-state index contributed by atoms with van der Waals surface area (Å²) in [6.45, 7) is 9.95. The Kier molecular flexibility index (Phi) is 6.52. The van der Waals surface area contributed by atoms with Gasteiger partial charge in [0.1, 0.15) is 30.2 Å². The molecule has 5 heterocycles. The van der Waals surface area contributed by atoms with Gasteiger partial charge in [0.25, 0.3) is 0 Å². The first kappa shape index (κ1) is 31.0. The van der Waals surface area contributed by atoms with Crippen molar-refractivity contribution >= 4 is 17.7 Å². The Morgan fingerprint density at radius 3 is 2.46 bits per heavy atom. The Hall–Kier alpha value is -2.27. The average molecular weight is 641 g/mol. The van der Waals surface area contributed by atoms with Crippen molar-refractivity contribution in [2.24, 2.45) is 39.4 Å². The average Bonchev–Trinajstić information content (AvgIpc) is 3.27. The molecule has 46 heavy (non-hydrogen) atoms. The quantitative estimate of drug-likeness (QED) is 0.342. The van der Waals surface area contributed by atoms with Gasteiger partial charge < -0.3 is 33.6 Å². The van der Waals surface area contributed by atoms with Crippen LogP contribution >= 0.6 is 0 Å². The van der Waals surface area contributed by atoms with Crippen LogP contribution in [0, 0.1) is 39.4 Å². The standard InChI is InChI=1S/C36H48O10/c1-6-9-19(17-37)16-21-20(11-15-42-21)26-32(4)14-10-22-33(5,36(32)27(45-36)28(40)44-26)25(39)23(38)24-31(2,3)46-29-34(12-7-8-13-34)30(41)43-18-35(22,24)29/h11,15,19,22,24-27,29,37,39H,6-10,12-14,16-18H2,1-5H3/t19-,22-,24+,25+,26-,27+,29-,32-,33-,35+,36+/m0/s1. The minimum absolute atomic E-state index is 0.00234. The smallest absolute Gasteiger partial charge is 0.339 e. The van der Waals surface area contributed by atoms with Gasteiger partial charge in [-0.25, -0.2) is 4.79 Å². The van der Waals surface area contributed by atoms with E-state index in [1.54, 1.807) is 6.26 Å². The zero-order valence-electron chi connectivity index (χ0n) is 27.6. The lowest BCUT2D eigenvalue weighted by atomic mass is 9.35. The van der Waals surface area contributed by atoms with Gasteiger partial charge in [0, 0.05) is 34.8 Å². The summed E-state index contributed by atoms with van der Waals surface area (Å²) in [6, 6.07) is 1.84. The summed E-state index contributed by atoms with van der Waals surface area (Å²) in [5, 5.41) is 22.4. The lowest BCUT2D eigenvalue weighted by Crippen LogP contribution is -2.77. The van der Waals surface area contributed by atoms with Crippen LogP contribution < -0.4 is 0 Å². The Labute approximate surface area is 269 Å². The first-order chi connectivity index (χ1) is 21.8. The second-order valence-electron chi connectivity index (χ2n) is 16.6. The maximum atomic E-state index is 14.7. The molecule has 0 bridgehead atoms. The number of cyclic esters (lactones) is 2. The second-order valence-corrected chi connectivity index (χ2v) is 16.6. The van der Waals surface area contributed by atoms with E-state index in [1.165, 1.54) is 0 Å². The first-order valence-electron chi connectivity index (χ1n) is 17.4. The van der Waals surface area contributed by atoms with E-state index in [4.69, 9.17) is 23.4 Å². The number of carbonyl (C=O) groups is 3. The molecule has 0 radical (unpaired) electrons. The highest BCUT2D eigenvalue weighted by molar-refractivity contribution is 5.92. The lowest BCUT2D eigenvalue weighted by molar-refractivity contribution is -0.264. The van der Waals surface area contributed by atoms with Crippen molar-refractivity contribution in [2.75, 3.05) is 13.2 Å². The molecule has 10 heteroatoms. The van der Waals surface area contributed by atoms with Crippen LogP contribution in [0.3, 0.4) is 0 Å². The van der Waals surface area contributed by atoms with Crippen molar-refractivity contribution in [3.63, 3.8) is 0 Å². The van der Waals surface area contributed by atoms with Crippen molar-refractivity contribution in [1.82, 2.24) is 0 Å². The number of fused-ring (bicyclic) bond motifs is 2. The zero-order chi connectivity index (χ0) is 32.7. The van der Waals surface area contributed by atoms with Gasteiger partial charge in [-0.2, -0.15) is 0 Å². The number of epoxide rings is 1. The molecular formula is C36H48O10. The fourth-order valence-corrected chi connectivity index (χ4v) is 12.5. The van der Waals surface area contributed by atoms with Crippen molar-refractivity contribution in [2.45, 2.75) is 128 Å². The van der Waals surface area contributed by atoms with Crippen LogP contribution in [0.4, 0.5) is 0 Å². The molecule has 8 rings (SSSR count). The Morgan fingerprint density at radius 1 is 1.02 bits per heavy atom. The maximum absolute atomic E-state index is 14.7. The number of hydrogen-bond acceptors (Lipinski definition) is 10. The number of Topliss-reactive ketones (excluding diaryl/α,β-unsaturated/α-hetero) is 1. The van der Waals surface area contributed by atoms with E-state index in [1.807, 2.05) is 26.8 Å². The van der Waals surface area contributed by atoms with Gasteiger partial charge in [0.2, 0.25) is 0 Å². The number of carbonyl (C=O) groups excluding carboxylic acids is 3. The molecule has 0 amide bonds. The molecule has 3 aliphatic carbocycles. The third-order valence-corrected chi connectivity index (χ3v) is 14.2. The van der Waals surface area contributed by atoms with E-state index in [-0.39, 0.29) is 36.8 Å². The van der Waals surface area contributed by atoms with Gasteiger partial charge in [-0.05, 0) is 63.9 Å². The highest BCUT2D eigenvalue weighted by Crippen LogP contribution is 2.81. The van der Waals surface area contributed by atoms with Crippen LogP contribution in [0.25, 0.3) is 0 Å². The molecule has 10 nitrogen and oxygen atoms in total. The third kappa shape index (κ3) is 3.35. The molecule has 3 spiro atoms. The first-order valence-corrected chi connectivity index (χ1v) is 17.4. The summed E-state index contributed by atoms with van der Waals surface area (Å²) < 4.78 is 31.8. The van der Waals surface area contributed by atoms with Gasteiger partial charge in [-0.1, -0.05) is 40.0 Å². The molecule has 2 N–H and O–H groups in total. The SMILES string of the molecule is CCC[C@H](CO)Cc1occc1[C@@H]1OC(=O)[C@H]2O[C@]23[C@]2(C)[C@H](O)C(=O)[C@@H]4C(C)(C)O[C@H]5C6(CCCC6)C(=O)OC[C@@]45[C@H]2CC[C@@]13C. The van der Waals surface area contributed by atoms with E-state index in [0.717, 1.165) is 31.2 Å². The fourth-order valence-electron chi connectivity index (χ4n) is 12.5. The minimum Gasteiger partial charge on any atom is -0.469 e. The van der Waals surface area contributed by atoms with Crippen molar-refractivity contribution < 1.29 is 48.0 Å². The number of hydrogen-bond donors (Lipinski definition) is 2. The number of aliphatic hydroxyl groups is 2. The van der Waals surface area contributed by atoms with Gasteiger partial charge in [-0.3, -0.25) is 9.59 Å². The Balaban J connectivity index is 1.26. The molecule has 3 saturated carbocycles. The largest absolute Gasteiger partial charge is 0.469 e. The molecular weight excluding hydrogens is 592 g/mol. The van der Waals surface area contributed by atoms with Crippen LogP contribution in [0.2, 0.25) is 0 Å². The van der Waals surface area contributed by atoms with Gasteiger partial charge >= 0.3 is 11.9 Å². The summed E-state index contributed by atoms with van der Waals surface area (Å²) in [5.41, 5.74) is -5.08. The Bertz CT molecular complexity index is 1470. The van der Waals surface area contributed by atoms with E-state index < -0.39 is 69.2 Å². The number of rotatable bonds is 6. The normalized spacial score (nSPS) is 46.8. The van der Waals surface area contributed by atoms with Crippen LogP contribution in [0.15, 0.2) is 16.7 Å². The van der Waals surface area contributed by atoms with E-state index >= 15 is 0 Å². The molecule has 11 atom stereocenters. The number of esters is 2.